The van der Waals surface area contributed by atoms with Crippen LogP contribution in [0.2, 0.25) is 0 Å². The molecule has 0 aliphatic carbocycles. The van der Waals surface area contributed by atoms with E-state index in [9.17, 15) is 18.0 Å². The first-order valence-corrected chi connectivity index (χ1v) is 14.2. The standard InChI is InChI=1S/C13H20N6O.C10H11F3.C4H8O.C2H6/c1-8-7-14-5-6-19(8)11-10-12(17(3)9(2)15-10)18(4)13(20)16-11;1-2-3-8-4-6-9(7-5-8)10(11,12)13;1-2-4-5-3-1;1-2/h8,14H,5-7H2,1-4H3;4-7H,2-3H2,1H3;1-4H2;1-2H3. The van der Waals surface area contributed by atoms with Crippen LogP contribution in [0, 0.1) is 6.92 Å². The lowest BCUT2D eigenvalue weighted by molar-refractivity contribution is -0.137. The molecule has 40 heavy (non-hydrogen) atoms. The van der Waals surface area contributed by atoms with E-state index >= 15 is 0 Å². The molecular weight excluding hydrogens is 521 g/mol. The second-order valence-corrected chi connectivity index (χ2v) is 9.68. The minimum atomic E-state index is -4.22. The van der Waals surface area contributed by atoms with Gasteiger partial charge >= 0.3 is 11.9 Å². The van der Waals surface area contributed by atoms with Crippen LogP contribution in [-0.4, -0.2) is 58.0 Å². The van der Waals surface area contributed by atoms with Gasteiger partial charge in [-0.05, 0) is 50.8 Å². The van der Waals surface area contributed by atoms with Crippen LogP contribution >= 0.6 is 0 Å². The number of aromatic nitrogens is 4. The molecule has 0 amide bonds. The van der Waals surface area contributed by atoms with Gasteiger partial charge in [-0.3, -0.25) is 4.57 Å². The fourth-order valence-electron chi connectivity index (χ4n) is 4.46. The van der Waals surface area contributed by atoms with Crippen LogP contribution in [0.4, 0.5) is 19.0 Å². The molecule has 2 aliphatic rings. The normalized spacial score (nSPS) is 16.9. The smallest absolute Gasteiger partial charge is 0.381 e. The van der Waals surface area contributed by atoms with Crippen LogP contribution in [0.25, 0.3) is 11.2 Å². The zero-order valence-corrected chi connectivity index (χ0v) is 24.9. The van der Waals surface area contributed by atoms with Crippen molar-refractivity contribution in [3.8, 4) is 0 Å². The van der Waals surface area contributed by atoms with Gasteiger partial charge in [0.2, 0.25) is 0 Å². The first-order chi connectivity index (χ1) is 19.0. The molecule has 224 valence electrons. The second kappa shape index (κ2) is 15.8. The highest BCUT2D eigenvalue weighted by Crippen LogP contribution is 2.29. The van der Waals surface area contributed by atoms with E-state index in [1.54, 1.807) is 11.6 Å². The fraction of sp³-hybridized carbons (Fsp3) is 0.621. The number of benzene rings is 1. The number of ether oxygens (including phenoxy) is 1. The largest absolute Gasteiger partial charge is 0.416 e. The van der Waals surface area contributed by atoms with Crippen molar-refractivity contribution in [3.63, 3.8) is 0 Å². The molecule has 2 aromatic heterocycles. The number of imidazole rings is 1. The topological polar surface area (TPSA) is 77.2 Å². The maximum absolute atomic E-state index is 12.1. The molecule has 1 aromatic carbocycles. The van der Waals surface area contributed by atoms with Crippen LogP contribution in [0.15, 0.2) is 29.1 Å². The first kappa shape index (κ1) is 33.3. The number of hydrogen-bond acceptors (Lipinski definition) is 6. The Morgan fingerprint density at radius 2 is 1.68 bits per heavy atom. The summed E-state index contributed by atoms with van der Waals surface area (Å²) in [5.41, 5.74) is 1.77. The molecule has 1 atom stereocenters. The number of anilines is 1. The number of alkyl halides is 3. The maximum Gasteiger partial charge on any atom is 0.416 e. The van der Waals surface area contributed by atoms with E-state index in [-0.39, 0.29) is 5.69 Å². The van der Waals surface area contributed by atoms with Crippen molar-refractivity contribution >= 4 is 17.0 Å². The Balaban J connectivity index is 0.000000239. The minimum Gasteiger partial charge on any atom is -0.381 e. The molecule has 4 heterocycles. The summed E-state index contributed by atoms with van der Waals surface area (Å²) in [6.07, 6.45) is 0.119. The Morgan fingerprint density at radius 1 is 1.05 bits per heavy atom. The number of nitrogens with one attached hydrogen (secondary N) is 1. The van der Waals surface area contributed by atoms with Crippen LogP contribution in [0.3, 0.4) is 0 Å². The third-order valence-electron chi connectivity index (χ3n) is 6.73. The van der Waals surface area contributed by atoms with Gasteiger partial charge in [-0.25, -0.2) is 9.78 Å². The maximum atomic E-state index is 12.1. The molecule has 1 unspecified atom stereocenters. The van der Waals surface area contributed by atoms with E-state index in [1.807, 2.05) is 39.3 Å². The van der Waals surface area contributed by atoms with Crippen molar-refractivity contribution in [2.75, 3.05) is 37.7 Å². The van der Waals surface area contributed by atoms with Crippen LogP contribution in [0.5, 0.6) is 0 Å². The Hall–Kier alpha value is -2.92. The summed E-state index contributed by atoms with van der Waals surface area (Å²) in [6, 6.07) is 5.63. The number of piperazine rings is 1. The zero-order chi connectivity index (χ0) is 29.9. The number of hydrogen-bond donors (Lipinski definition) is 1. The lowest BCUT2D eigenvalue weighted by Crippen LogP contribution is -2.50. The third kappa shape index (κ3) is 8.79. The van der Waals surface area contributed by atoms with Crippen molar-refractivity contribution in [1.82, 2.24) is 24.4 Å². The molecule has 11 heteroatoms. The predicted molar refractivity (Wildman–Crippen MR) is 155 cm³/mol. The predicted octanol–water partition coefficient (Wildman–Crippen LogP) is 5.25. The lowest BCUT2D eigenvalue weighted by atomic mass is 10.1. The quantitative estimate of drug-likeness (QED) is 0.467. The average molecular weight is 567 g/mol. The highest BCUT2D eigenvalue weighted by atomic mass is 19.4. The lowest BCUT2D eigenvalue weighted by Gasteiger charge is -2.34. The van der Waals surface area contributed by atoms with Crippen molar-refractivity contribution in [3.05, 3.63) is 51.7 Å². The molecule has 2 fully saturated rings. The van der Waals surface area contributed by atoms with Crippen molar-refractivity contribution in [1.29, 1.82) is 0 Å². The molecule has 8 nitrogen and oxygen atoms in total. The molecule has 2 saturated heterocycles. The monoisotopic (exact) mass is 566 g/mol. The highest BCUT2D eigenvalue weighted by Gasteiger charge is 2.30. The Kier molecular flexibility index (Phi) is 13.1. The summed E-state index contributed by atoms with van der Waals surface area (Å²) in [6.45, 7) is 14.7. The molecule has 0 bridgehead atoms. The summed E-state index contributed by atoms with van der Waals surface area (Å²) in [5, 5.41) is 3.35. The number of nitrogens with zero attached hydrogens (tertiary/aromatic N) is 5. The molecule has 0 radical (unpaired) electrons. The number of aryl methyl sites for hydroxylation is 4. The van der Waals surface area contributed by atoms with E-state index in [0.717, 1.165) is 80.4 Å². The van der Waals surface area contributed by atoms with Crippen molar-refractivity contribution in [2.45, 2.75) is 72.5 Å². The Labute approximate surface area is 235 Å². The van der Waals surface area contributed by atoms with Crippen LogP contribution in [-0.2, 0) is 31.4 Å². The van der Waals surface area contributed by atoms with Crippen LogP contribution < -0.4 is 15.9 Å². The summed E-state index contributed by atoms with van der Waals surface area (Å²) >= 11 is 0. The van der Waals surface area contributed by atoms with Gasteiger partial charge in [0.25, 0.3) is 0 Å². The third-order valence-corrected chi connectivity index (χ3v) is 6.73. The van der Waals surface area contributed by atoms with Gasteiger partial charge in [0, 0.05) is 53.0 Å². The van der Waals surface area contributed by atoms with E-state index in [0.29, 0.717) is 11.9 Å². The minimum absolute atomic E-state index is 0.235. The van der Waals surface area contributed by atoms with Gasteiger partial charge in [-0.1, -0.05) is 39.3 Å². The van der Waals surface area contributed by atoms with E-state index in [1.165, 1.54) is 25.0 Å². The number of rotatable bonds is 3. The van der Waals surface area contributed by atoms with Crippen molar-refractivity contribution in [2.24, 2.45) is 14.1 Å². The van der Waals surface area contributed by atoms with E-state index in [4.69, 9.17) is 4.74 Å². The summed E-state index contributed by atoms with van der Waals surface area (Å²) < 4.78 is 44.8. The summed E-state index contributed by atoms with van der Waals surface area (Å²) in [7, 11) is 3.67. The SMILES string of the molecule is C1CCOC1.CC.CCCc1ccc(C(F)(F)F)cc1.Cc1nc2c(N3CCNCC3C)nc(=O)n(C)c2n1C. The van der Waals surface area contributed by atoms with E-state index < -0.39 is 11.7 Å². The molecule has 3 aromatic rings. The molecule has 0 spiro atoms. The Bertz CT molecular complexity index is 1230. The molecule has 5 rings (SSSR count). The van der Waals surface area contributed by atoms with Gasteiger partial charge in [0.15, 0.2) is 5.82 Å². The molecule has 0 saturated carbocycles. The molecule has 1 N–H and O–H groups in total. The highest BCUT2D eigenvalue weighted by molar-refractivity contribution is 5.84. The number of halogens is 3. The first-order valence-electron chi connectivity index (χ1n) is 14.2. The van der Waals surface area contributed by atoms with Crippen molar-refractivity contribution < 1.29 is 17.9 Å². The van der Waals surface area contributed by atoms with Gasteiger partial charge < -0.3 is 19.5 Å². The van der Waals surface area contributed by atoms with Crippen LogP contribution in [0.1, 0.15) is 63.9 Å². The fourth-order valence-corrected chi connectivity index (χ4v) is 4.46. The van der Waals surface area contributed by atoms with Gasteiger partial charge in [-0.15, -0.1) is 0 Å². The molecular formula is C29H45F3N6O2. The number of fused-ring (bicyclic) bond motifs is 1. The average Bonchev–Trinajstić information content (AvgIpc) is 3.61. The Morgan fingerprint density at radius 3 is 2.17 bits per heavy atom. The van der Waals surface area contributed by atoms with Gasteiger partial charge in [0.1, 0.15) is 17.0 Å². The summed E-state index contributed by atoms with van der Waals surface area (Å²) in [5.74, 6) is 1.59. The summed E-state index contributed by atoms with van der Waals surface area (Å²) in [4.78, 5) is 23.2. The zero-order valence-electron chi connectivity index (χ0n) is 24.9. The second-order valence-electron chi connectivity index (χ2n) is 9.68. The molecule has 2 aliphatic heterocycles. The van der Waals surface area contributed by atoms with E-state index in [2.05, 4.69) is 27.1 Å². The van der Waals surface area contributed by atoms with Gasteiger partial charge in [-0.2, -0.15) is 18.2 Å². The van der Waals surface area contributed by atoms with Gasteiger partial charge in [0.05, 0.1) is 5.56 Å².